The zero-order chi connectivity index (χ0) is 21.5. The molecular weight excluding hydrogens is 380 g/mol. The van der Waals surface area contributed by atoms with Gasteiger partial charge in [-0.1, -0.05) is 42.5 Å². The highest BCUT2D eigenvalue weighted by Gasteiger charge is 2.19. The third-order valence-corrected chi connectivity index (χ3v) is 4.72. The first kappa shape index (κ1) is 20.9. The Morgan fingerprint density at radius 1 is 0.800 bits per heavy atom. The Kier molecular flexibility index (Phi) is 6.70. The molecule has 0 bridgehead atoms. The van der Waals surface area contributed by atoms with Crippen LogP contribution in [0.5, 0.6) is 11.5 Å². The molecule has 30 heavy (non-hydrogen) atoms. The molecule has 0 aromatic heterocycles. The van der Waals surface area contributed by atoms with Crippen LogP contribution in [0.25, 0.3) is 0 Å². The van der Waals surface area contributed by atoms with Crippen LogP contribution in [0.2, 0.25) is 0 Å². The molecule has 0 saturated carbocycles. The molecule has 2 amide bonds. The maximum absolute atomic E-state index is 12.9. The lowest BCUT2D eigenvalue weighted by atomic mass is 10.1. The average molecular weight is 404 g/mol. The van der Waals surface area contributed by atoms with Crippen molar-refractivity contribution in [2.24, 2.45) is 0 Å². The molecule has 3 rings (SSSR count). The molecule has 154 valence electrons. The summed E-state index contributed by atoms with van der Waals surface area (Å²) < 4.78 is 10.5. The van der Waals surface area contributed by atoms with Crippen molar-refractivity contribution in [1.29, 1.82) is 0 Å². The maximum atomic E-state index is 12.9. The van der Waals surface area contributed by atoms with Crippen molar-refractivity contribution in [2.45, 2.75) is 13.0 Å². The van der Waals surface area contributed by atoms with Gasteiger partial charge in [0.2, 0.25) is 0 Å². The van der Waals surface area contributed by atoms with Gasteiger partial charge in [-0.3, -0.25) is 9.59 Å². The molecule has 0 aliphatic carbocycles. The van der Waals surface area contributed by atoms with Crippen LogP contribution in [0.3, 0.4) is 0 Å². The number of hydrogen-bond acceptors (Lipinski definition) is 4. The Labute approximate surface area is 175 Å². The van der Waals surface area contributed by atoms with Crippen molar-refractivity contribution in [1.82, 2.24) is 5.32 Å². The zero-order valence-electron chi connectivity index (χ0n) is 17.1. The van der Waals surface area contributed by atoms with E-state index in [1.165, 1.54) is 14.2 Å². The quantitative estimate of drug-likeness (QED) is 0.610. The number of anilines is 1. The van der Waals surface area contributed by atoms with Gasteiger partial charge < -0.3 is 20.1 Å². The minimum absolute atomic E-state index is 0.180. The van der Waals surface area contributed by atoms with E-state index in [1.807, 2.05) is 37.3 Å². The van der Waals surface area contributed by atoms with Gasteiger partial charge in [-0.2, -0.15) is 0 Å². The number of nitrogens with one attached hydrogen (secondary N) is 2. The third kappa shape index (κ3) is 4.78. The van der Waals surface area contributed by atoms with Gasteiger partial charge in [-0.15, -0.1) is 0 Å². The molecule has 0 saturated heterocycles. The van der Waals surface area contributed by atoms with E-state index >= 15 is 0 Å². The number of hydrogen-bond donors (Lipinski definition) is 2. The largest absolute Gasteiger partial charge is 0.497 e. The molecule has 0 radical (unpaired) electrons. The SMILES string of the molecule is COc1ccc(OC)c(C(=O)Nc2ccccc2C(=O)NC(C)c2ccccc2)c1. The van der Waals surface area contributed by atoms with E-state index < -0.39 is 5.91 Å². The van der Waals surface area contributed by atoms with Gasteiger partial charge in [0.1, 0.15) is 11.5 Å². The van der Waals surface area contributed by atoms with Gasteiger partial charge >= 0.3 is 0 Å². The molecule has 1 atom stereocenters. The molecule has 6 heteroatoms. The summed E-state index contributed by atoms with van der Waals surface area (Å²) in [5.41, 5.74) is 2.08. The van der Waals surface area contributed by atoms with Crippen LogP contribution in [-0.4, -0.2) is 26.0 Å². The number of carbonyl (C=O) groups excluding carboxylic acids is 2. The van der Waals surface area contributed by atoms with Crippen LogP contribution >= 0.6 is 0 Å². The topological polar surface area (TPSA) is 76.7 Å². The molecule has 3 aromatic rings. The summed E-state index contributed by atoms with van der Waals surface area (Å²) in [6, 6.07) is 21.3. The number of amides is 2. The van der Waals surface area contributed by atoms with E-state index in [-0.39, 0.29) is 11.9 Å². The van der Waals surface area contributed by atoms with E-state index in [2.05, 4.69) is 10.6 Å². The van der Waals surface area contributed by atoms with Crippen LogP contribution in [0, 0.1) is 0 Å². The first-order chi connectivity index (χ1) is 14.5. The number of benzene rings is 3. The Hall–Kier alpha value is -3.80. The Morgan fingerprint density at radius 3 is 2.20 bits per heavy atom. The Morgan fingerprint density at radius 2 is 1.50 bits per heavy atom. The number of methoxy groups -OCH3 is 2. The molecule has 0 aliphatic rings. The van der Waals surface area contributed by atoms with E-state index in [4.69, 9.17) is 9.47 Å². The first-order valence-corrected chi connectivity index (χ1v) is 9.51. The number of rotatable bonds is 7. The second-order valence-corrected chi connectivity index (χ2v) is 6.67. The summed E-state index contributed by atoms with van der Waals surface area (Å²) in [4.78, 5) is 25.8. The molecule has 0 spiro atoms. The fraction of sp³-hybridized carbons (Fsp3) is 0.167. The minimum Gasteiger partial charge on any atom is -0.497 e. The molecule has 3 aromatic carbocycles. The Balaban J connectivity index is 1.82. The van der Waals surface area contributed by atoms with E-state index in [9.17, 15) is 9.59 Å². The van der Waals surface area contributed by atoms with Gasteiger partial charge in [0.25, 0.3) is 11.8 Å². The van der Waals surface area contributed by atoms with Crippen molar-refractivity contribution < 1.29 is 19.1 Å². The van der Waals surface area contributed by atoms with Crippen molar-refractivity contribution >= 4 is 17.5 Å². The third-order valence-electron chi connectivity index (χ3n) is 4.72. The summed E-state index contributed by atoms with van der Waals surface area (Å²) in [6.45, 7) is 1.91. The normalized spacial score (nSPS) is 11.3. The van der Waals surface area contributed by atoms with Gasteiger partial charge in [-0.25, -0.2) is 0 Å². The molecule has 2 N–H and O–H groups in total. The smallest absolute Gasteiger partial charge is 0.259 e. The van der Waals surface area contributed by atoms with Gasteiger partial charge in [0, 0.05) is 0 Å². The first-order valence-electron chi connectivity index (χ1n) is 9.51. The fourth-order valence-electron chi connectivity index (χ4n) is 3.07. The highest BCUT2D eigenvalue weighted by molar-refractivity contribution is 6.10. The highest BCUT2D eigenvalue weighted by atomic mass is 16.5. The van der Waals surface area contributed by atoms with Crippen molar-refractivity contribution in [3.63, 3.8) is 0 Å². The van der Waals surface area contributed by atoms with E-state index in [1.54, 1.807) is 42.5 Å². The van der Waals surface area contributed by atoms with E-state index in [0.717, 1.165) is 5.56 Å². The van der Waals surface area contributed by atoms with Crippen LogP contribution in [0.4, 0.5) is 5.69 Å². The summed E-state index contributed by atoms with van der Waals surface area (Å²) in [5, 5.41) is 5.78. The van der Waals surface area contributed by atoms with Crippen molar-refractivity contribution in [3.05, 3.63) is 89.5 Å². The van der Waals surface area contributed by atoms with Gasteiger partial charge in [-0.05, 0) is 42.8 Å². The number of para-hydroxylation sites is 1. The average Bonchev–Trinajstić information content (AvgIpc) is 2.79. The van der Waals surface area contributed by atoms with Crippen molar-refractivity contribution in [3.8, 4) is 11.5 Å². The number of ether oxygens (including phenoxy) is 2. The van der Waals surface area contributed by atoms with E-state index in [0.29, 0.717) is 28.3 Å². The zero-order valence-corrected chi connectivity index (χ0v) is 17.1. The van der Waals surface area contributed by atoms with Crippen molar-refractivity contribution in [2.75, 3.05) is 19.5 Å². The lowest BCUT2D eigenvalue weighted by Crippen LogP contribution is -2.28. The lowest BCUT2D eigenvalue weighted by molar-refractivity contribution is 0.0940. The van der Waals surface area contributed by atoms with Crippen LogP contribution in [-0.2, 0) is 0 Å². The van der Waals surface area contributed by atoms with Crippen LogP contribution in [0.1, 0.15) is 39.2 Å². The van der Waals surface area contributed by atoms with Crippen LogP contribution < -0.4 is 20.1 Å². The highest BCUT2D eigenvalue weighted by Crippen LogP contribution is 2.26. The summed E-state index contributed by atoms with van der Waals surface area (Å²) >= 11 is 0. The molecule has 0 fully saturated rings. The maximum Gasteiger partial charge on any atom is 0.259 e. The lowest BCUT2D eigenvalue weighted by Gasteiger charge is -2.17. The summed E-state index contributed by atoms with van der Waals surface area (Å²) in [7, 11) is 3.02. The predicted octanol–water partition coefficient (Wildman–Crippen LogP) is 4.45. The monoisotopic (exact) mass is 404 g/mol. The summed E-state index contributed by atoms with van der Waals surface area (Å²) in [5.74, 6) is 0.263. The minimum atomic E-state index is -0.401. The Bertz CT molecular complexity index is 1030. The second kappa shape index (κ2) is 9.60. The molecule has 6 nitrogen and oxygen atoms in total. The molecule has 1 unspecified atom stereocenters. The van der Waals surface area contributed by atoms with Crippen LogP contribution in [0.15, 0.2) is 72.8 Å². The predicted molar refractivity (Wildman–Crippen MR) is 116 cm³/mol. The fourth-order valence-corrected chi connectivity index (χ4v) is 3.07. The molecule has 0 heterocycles. The van der Waals surface area contributed by atoms with Gasteiger partial charge in [0.15, 0.2) is 0 Å². The number of carbonyl (C=O) groups is 2. The van der Waals surface area contributed by atoms with Gasteiger partial charge in [0.05, 0.1) is 37.1 Å². The second-order valence-electron chi connectivity index (χ2n) is 6.67. The standard InChI is InChI=1S/C24H24N2O4/c1-16(17-9-5-4-6-10-17)25-23(27)19-11-7-8-12-21(19)26-24(28)20-15-18(29-2)13-14-22(20)30-3/h4-16H,1-3H3,(H,25,27)(H,26,28). The molecule has 0 aliphatic heterocycles. The summed E-state index contributed by atoms with van der Waals surface area (Å²) in [6.07, 6.45) is 0. The molecular formula is C24H24N2O4.